The second kappa shape index (κ2) is 11.9. The number of rotatable bonds is 8. The van der Waals surface area contributed by atoms with Gasteiger partial charge in [0, 0.05) is 6.54 Å². The molecule has 0 bridgehead atoms. The van der Waals surface area contributed by atoms with E-state index in [2.05, 4.69) is 35.3 Å². The van der Waals surface area contributed by atoms with Crippen molar-refractivity contribution in [1.82, 2.24) is 16.2 Å². The third-order valence-corrected chi connectivity index (χ3v) is 4.19. The van der Waals surface area contributed by atoms with Gasteiger partial charge in [-0.25, -0.2) is 0 Å². The van der Waals surface area contributed by atoms with Crippen LogP contribution in [0.3, 0.4) is 0 Å². The fraction of sp³-hybridized carbons (Fsp3) is 0.529. The Morgan fingerprint density at radius 2 is 1.83 bits per heavy atom. The zero-order chi connectivity index (χ0) is 17.8. The monoisotopic (exact) mass is 368 g/mol. The molecule has 0 aliphatic heterocycles. The molecule has 1 atom stereocenters. The van der Waals surface area contributed by atoms with Crippen molar-refractivity contribution in [1.29, 1.82) is 0 Å². The highest BCUT2D eigenvalue weighted by Gasteiger charge is 2.07. The maximum atomic E-state index is 5.27. The van der Waals surface area contributed by atoms with Gasteiger partial charge in [0.15, 0.2) is 10.2 Å². The van der Waals surface area contributed by atoms with Gasteiger partial charge in [-0.2, -0.15) is 0 Å². The van der Waals surface area contributed by atoms with E-state index in [0.717, 1.165) is 24.4 Å². The topological polar surface area (TPSA) is 57.3 Å². The summed E-state index contributed by atoms with van der Waals surface area (Å²) in [4.78, 5) is 0. The standard InChI is InChI=1S/C17H28N4OS2/c1-4-6-9-13(5-2)12-18-16(23)20-21-17(24)19-14-10-7-8-11-15(14)22-3/h7-8,10-11,13H,4-6,9,12H2,1-3H3,(H2,18,20,23)(H2,19,21,24)/t13-/m0/s1. The Kier molecular flexibility index (Phi) is 10.1. The molecule has 0 aliphatic rings. The molecule has 0 aromatic heterocycles. The van der Waals surface area contributed by atoms with Gasteiger partial charge < -0.3 is 15.4 Å². The third-order valence-electron chi connectivity index (χ3n) is 3.74. The van der Waals surface area contributed by atoms with Crippen molar-refractivity contribution in [3.05, 3.63) is 24.3 Å². The molecule has 24 heavy (non-hydrogen) atoms. The minimum Gasteiger partial charge on any atom is -0.495 e. The van der Waals surface area contributed by atoms with Crippen LogP contribution < -0.4 is 26.2 Å². The second-order valence-corrected chi connectivity index (χ2v) is 6.35. The summed E-state index contributed by atoms with van der Waals surface area (Å²) in [6, 6.07) is 7.57. The Hall–Kier alpha value is -1.60. The van der Waals surface area contributed by atoms with Gasteiger partial charge in [-0.1, -0.05) is 45.2 Å². The van der Waals surface area contributed by atoms with E-state index < -0.39 is 0 Å². The molecule has 0 radical (unpaired) electrons. The fourth-order valence-corrected chi connectivity index (χ4v) is 2.53. The van der Waals surface area contributed by atoms with Crippen molar-refractivity contribution >= 4 is 40.3 Å². The summed E-state index contributed by atoms with van der Waals surface area (Å²) >= 11 is 10.5. The van der Waals surface area contributed by atoms with Gasteiger partial charge in [0.1, 0.15) is 5.75 Å². The van der Waals surface area contributed by atoms with Crippen molar-refractivity contribution < 1.29 is 4.74 Å². The molecule has 1 aromatic rings. The average molecular weight is 369 g/mol. The van der Waals surface area contributed by atoms with E-state index in [-0.39, 0.29) is 0 Å². The number of ether oxygens (including phenoxy) is 1. The first-order valence-electron chi connectivity index (χ1n) is 8.34. The molecule has 7 heteroatoms. The van der Waals surface area contributed by atoms with Crippen LogP contribution in [0, 0.1) is 5.92 Å². The SMILES string of the molecule is CCCC[C@H](CC)CNC(=S)NNC(=S)Nc1ccccc1OC. The van der Waals surface area contributed by atoms with Crippen LogP contribution in [0.15, 0.2) is 24.3 Å². The molecule has 1 aromatic carbocycles. The quantitative estimate of drug-likeness (QED) is 0.413. The summed E-state index contributed by atoms with van der Waals surface area (Å²) < 4.78 is 5.27. The number of anilines is 1. The van der Waals surface area contributed by atoms with Gasteiger partial charge >= 0.3 is 0 Å². The molecule has 0 unspecified atom stereocenters. The lowest BCUT2D eigenvalue weighted by Gasteiger charge is -2.18. The summed E-state index contributed by atoms with van der Waals surface area (Å²) in [6.07, 6.45) is 4.86. The summed E-state index contributed by atoms with van der Waals surface area (Å²) in [5.74, 6) is 1.37. The molecule has 0 fully saturated rings. The summed E-state index contributed by atoms with van der Waals surface area (Å²) in [5, 5.41) is 7.25. The maximum absolute atomic E-state index is 5.27. The molecule has 4 N–H and O–H groups in total. The summed E-state index contributed by atoms with van der Waals surface area (Å²) in [6.45, 7) is 5.30. The number of thiocarbonyl (C=S) groups is 2. The van der Waals surface area contributed by atoms with E-state index >= 15 is 0 Å². The first-order valence-corrected chi connectivity index (χ1v) is 9.16. The molecule has 0 heterocycles. The van der Waals surface area contributed by atoms with Crippen molar-refractivity contribution in [2.24, 2.45) is 5.92 Å². The number of hydrogen-bond acceptors (Lipinski definition) is 3. The maximum Gasteiger partial charge on any atom is 0.189 e. The highest BCUT2D eigenvalue weighted by Crippen LogP contribution is 2.22. The largest absolute Gasteiger partial charge is 0.495 e. The number of methoxy groups -OCH3 is 1. The van der Waals surface area contributed by atoms with E-state index in [9.17, 15) is 0 Å². The summed E-state index contributed by atoms with van der Waals surface area (Å²) in [7, 11) is 1.62. The Morgan fingerprint density at radius 3 is 2.50 bits per heavy atom. The van der Waals surface area contributed by atoms with E-state index in [4.69, 9.17) is 29.2 Å². The smallest absolute Gasteiger partial charge is 0.189 e. The molecular formula is C17H28N4OS2. The molecule has 0 amide bonds. The van der Waals surface area contributed by atoms with E-state index in [1.54, 1.807) is 7.11 Å². The van der Waals surface area contributed by atoms with Gasteiger partial charge in [-0.3, -0.25) is 10.9 Å². The molecule has 0 spiro atoms. The van der Waals surface area contributed by atoms with Crippen molar-refractivity contribution in [2.45, 2.75) is 39.5 Å². The number of nitrogens with one attached hydrogen (secondary N) is 4. The normalized spacial score (nSPS) is 11.3. The average Bonchev–Trinajstić information content (AvgIpc) is 2.60. The van der Waals surface area contributed by atoms with E-state index in [0.29, 0.717) is 16.1 Å². The van der Waals surface area contributed by atoms with Crippen LogP contribution in [0.2, 0.25) is 0 Å². The Labute approximate surface area is 155 Å². The van der Waals surface area contributed by atoms with Crippen molar-refractivity contribution in [2.75, 3.05) is 19.0 Å². The minimum absolute atomic E-state index is 0.418. The number of unbranched alkanes of at least 4 members (excludes halogenated alkanes) is 1. The molecule has 0 saturated heterocycles. The molecular weight excluding hydrogens is 340 g/mol. The Morgan fingerprint density at radius 1 is 1.12 bits per heavy atom. The van der Waals surface area contributed by atoms with Gasteiger partial charge in [0.05, 0.1) is 12.8 Å². The number of para-hydroxylation sites is 2. The van der Waals surface area contributed by atoms with Crippen LogP contribution in [0.4, 0.5) is 5.69 Å². The third kappa shape index (κ3) is 7.79. The van der Waals surface area contributed by atoms with Crippen LogP contribution in [0.5, 0.6) is 5.75 Å². The number of hydrazine groups is 1. The van der Waals surface area contributed by atoms with Crippen LogP contribution in [0.25, 0.3) is 0 Å². The Balaban J connectivity index is 2.32. The molecule has 0 aliphatic carbocycles. The molecule has 5 nitrogen and oxygen atoms in total. The van der Waals surface area contributed by atoms with Gasteiger partial charge in [0.2, 0.25) is 0 Å². The van der Waals surface area contributed by atoms with Crippen LogP contribution in [-0.2, 0) is 0 Å². The zero-order valence-corrected chi connectivity index (χ0v) is 16.3. The van der Waals surface area contributed by atoms with Crippen molar-refractivity contribution in [3.8, 4) is 5.75 Å². The van der Waals surface area contributed by atoms with Crippen LogP contribution in [-0.4, -0.2) is 23.9 Å². The van der Waals surface area contributed by atoms with Gasteiger partial charge in [0.25, 0.3) is 0 Å². The first kappa shape index (κ1) is 20.4. The second-order valence-electron chi connectivity index (χ2n) is 5.53. The predicted molar refractivity (Wildman–Crippen MR) is 109 cm³/mol. The van der Waals surface area contributed by atoms with Gasteiger partial charge in [-0.15, -0.1) is 0 Å². The first-order chi connectivity index (χ1) is 11.6. The predicted octanol–water partition coefficient (Wildman–Crippen LogP) is 3.58. The van der Waals surface area contributed by atoms with Crippen molar-refractivity contribution in [3.63, 3.8) is 0 Å². The lowest BCUT2D eigenvalue weighted by Crippen LogP contribution is -2.49. The summed E-state index contributed by atoms with van der Waals surface area (Å²) in [5.41, 5.74) is 6.57. The minimum atomic E-state index is 0.418. The van der Waals surface area contributed by atoms with E-state index in [1.165, 1.54) is 19.3 Å². The molecule has 0 saturated carbocycles. The fourth-order valence-electron chi connectivity index (χ4n) is 2.24. The molecule has 1 rings (SSSR count). The van der Waals surface area contributed by atoms with Crippen LogP contribution >= 0.6 is 24.4 Å². The Bertz CT molecular complexity index is 525. The number of hydrogen-bond donors (Lipinski definition) is 4. The number of benzene rings is 1. The lowest BCUT2D eigenvalue weighted by atomic mass is 9.99. The lowest BCUT2D eigenvalue weighted by molar-refractivity contribution is 0.417. The molecule has 134 valence electrons. The van der Waals surface area contributed by atoms with E-state index in [1.807, 2.05) is 24.3 Å². The highest BCUT2D eigenvalue weighted by molar-refractivity contribution is 7.80. The van der Waals surface area contributed by atoms with Crippen LogP contribution in [0.1, 0.15) is 39.5 Å². The van der Waals surface area contributed by atoms with Gasteiger partial charge in [-0.05, 0) is 48.9 Å². The highest BCUT2D eigenvalue weighted by atomic mass is 32.1. The zero-order valence-electron chi connectivity index (χ0n) is 14.6.